The molecule has 6 heavy (non-hydrogen) atoms. The molecule has 0 saturated carbocycles. The van der Waals surface area contributed by atoms with Gasteiger partial charge in [-0.15, -0.1) is 0 Å². The molecule has 0 atom stereocenters. The van der Waals surface area contributed by atoms with Crippen LogP contribution < -0.4 is 0 Å². The van der Waals surface area contributed by atoms with Crippen LogP contribution >= 0.6 is 0 Å². The van der Waals surface area contributed by atoms with Crippen molar-refractivity contribution in [1.29, 1.82) is 0 Å². The first-order chi connectivity index (χ1) is 0. The standard InChI is InChI=1S/CH3.5Rf/h1H3;;;;;/q-1;;;;;. The minimum absolute atomic E-state index is 0. The fourth-order valence-electron chi connectivity index (χ4n) is 0. The smallest absolute Gasteiger partial charge is 0 e. The van der Waals surface area contributed by atoms with Crippen molar-refractivity contribution >= 4 is 0 Å². The predicted molar refractivity (Wildman–Crippen MR) is 6.41 cm³/mol. The van der Waals surface area contributed by atoms with Gasteiger partial charge < -0.3 is 7.43 Å². The third-order valence-electron chi connectivity index (χ3n) is 0. The van der Waals surface area contributed by atoms with E-state index in [1.54, 1.807) is 0 Å². The second-order valence-electron chi connectivity index (χ2n) is 0. The first-order valence-corrected chi connectivity index (χ1v) is 0. The van der Waals surface area contributed by atoms with Gasteiger partial charge in [-0.2, -0.15) is 0 Å². The van der Waals surface area contributed by atoms with E-state index < -0.39 is 0 Å². The quantitative estimate of drug-likeness (QED) is 0.310. The molecule has 0 amide bonds. The Balaban J connectivity index is 0. The predicted octanol–water partition coefficient (Wildman–Crippen LogP) is 0.450. The molecule has 0 unspecified atom stereocenters. The molecule has 0 N–H and O–H groups in total. The molecule has 0 radical (unpaired) electrons. The SMILES string of the molecule is [CH3-].[Rf].[Rf].[Rf].[Rf].[Rf]. The summed E-state index contributed by atoms with van der Waals surface area (Å²) in [6.45, 7) is 0. The van der Waals surface area contributed by atoms with Gasteiger partial charge in [-0.3, -0.25) is 0 Å². The maximum atomic E-state index is 0. The molecular weight excluding hydrogens is 1350 g/mol. The topological polar surface area (TPSA) is 0 Å². The fraction of sp³-hybridized carbons (Fsp3) is 0. The molecule has 0 heterocycles. The average molecular weight is 1350 g/mol. The maximum Gasteiger partial charge on any atom is 0 e. The van der Waals surface area contributed by atoms with E-state index in [9.17, 15) is 0 Å². The van der Waals surface area contributed by atoms with Crippen LogP contribution in [0.25, 0.3) is 0 Å². The molecule has 0 rings (SSSR count). The van der Waals surface area contributed by atoms with Gasteiger partial charge in [-0.1, -0.05) is 0 Å². The van der Waals surface area contributed by atoms with Gasteiger partial charge in [0.25, 0.3) is 0 Å². The second-order valence-corrected chi connectivity index (χ2v) is 0. The van der Waals surface area contributed by atoms with Crippen LogP contribution in [-0.4, -0.2) is 0 Å². The van der Waals surface area contributed by atoms with Gasteiger partial charge in [0, 0.05) is 0 Å². The Bertz CT molecular complexity index is 3.90. The van der Waals surface area contributed by atoms with Crippen molar-refractivity contribution in [2.24, 2.45) is 0 Å². The van der Waals surface area contributed by atoms with Gasteiger partial charge in [-0.25, -0.2) is 0 Å². The number of hydrogen-bond acceptors (Lipinski definition) is 0. The third kappa shape index (κ3) is -0.160. The molecule has 0 aliphatic heterocycles. The molecular formula is CH3Rf5-. The Morgan fingerprint density at radius 1 is 0.333 bits per heavy atom. The van der Waals surface area contributed by atoms with Crippen LogP contribution in [0.4, 0.5) is 0 Å². The van der Waals surface area contributed by atoms with Crippen molar-refractivity contribution < 1.29 is 0 Å². The summed E-state index contributed by atoms with van der Waals surface area (Å²) in [7, 11) is 0. The summed E-state index contributed by atoms with van der Waals surface area (Å²) in [5.74, 6) is 0. The Hall–Kier alpha value is -5.00. The largest absolute Gasteiger partial charge is 0.358 e. The van der Waals surface area contributed by atoms with Crippen molar-refractivity contribution in [1.82, 2.24) is 0 Å². The summed E-state index contributed by atoms with van der Waals surface area (Å²) >= 11 is 0. The molecule has 0 aliphatic carbocycles. The summed E-state index contributed by atoms with van der Waals surface area (Å²) in [5.41, 5.74) is 0. The summed E-state index contributed by atoms with van der Waals surface area (Å²) in [6, 6.07) is 0. The van der Waals surface area contributed by atoms with E-state index in [1.165, 1.54) is 0 Å². The summed E-state index contributed by atoms with van der Waals surface area (Å²) < 4.78 is 0. The van der Waals surface area contributed by atoms with Crippen molar-refractivity contribution in [2.75, 3.05) is 0 Å². The molecule has 0 spiro atoms. The summed E-state index contributed by atoms with van der Waals surface area (Å²) in [4.78, 5) is 0. The molecule has 0 aliphatic rings. The Kier molecular flexibility index (Phi) is 0. The van der Waals surface area contributed by atoms with Crippen LogP contribution in [0.3, 0.4) is 0 Å². The van der Waals surface area contributed by atoms with Crippen molar-refractivity contribution in [2.45, 2.75) is 0 Å². The third-order valence-corrected chi connectivity index (χ3v) is 0. The molecule has 0 bridgehead atoms. The minimum atomic E-state index is 0. The first-order valence-electron chi connectivity index (χ1n) is 0. The van der Waals surface area contributed by atoms with E-state index in [-0.39, 0.29) is 7.43 Å². The van der Waals surface area contributed by atoms with Crippen molar-refractivity contribution in [3.8, 4) is 0 Å². The fourth-order valence-corrected chi connectivity index (χ4v) is 0. The van der Waals surface area contributed by atoms with E-state index in [1.807, 2.05) is 0 Å². The summed E-state index contributed by atoms with van der Waals surface area (Å²) in [5, 5.41) is 0. The zero-order chi connectivity index (χ0) is 0. The zero-order valence-corrected chi connectivity index (χ0v) is 36.5. The molecule has 0 aromatic rings. The van der Waals surface area contributed by atoms with Crippen LogP contribution in [0.2, 0.25) is 0 Å². The molecule has 5 heteroatoms. The number of rotatable bonds is 0. The molecule has 0 saturated heterocycles. The Labute approximate surface area is 8.74 Å². The van der Waals surface area contributed by atoms with E-state index >= 15 is 0 Å². The first kappa shape index (κ1) is 0. The van der Waals surface area contributed by atoms with E-state index in [4.69, 9.17) is 0 Å². The monoisotopic (exact) mass is 1350 g/mol. The second kappa shape index (κ2) is 0. The van der Waals surface area contributed by atoms with Gasteiger partial charge in [0.05, 0.1) is 0 Å². The van der Waals surface area contributed by atoms with Gasteiger partial charge in [-0.05, 0) is 0 Å². The molecule has 0 aromatic heterocycles. The minimum Gasteiger partial charge on any atom is -0.358 e. The van der Waals surface area contributed by atoms with Crippen LogP contribution in [0.15, 0.2) is 0 Å². The van der Waals surface area contributed by atoms with E-state index in [2.05, 4.69) is 0 Å². The molecule has 0 fully saturated rings. The Morgan fingerprint density at radius 2 is 0.333 bits per heavy atom. The Morgan fingerprint density at radius 3 is 0.333 bits per heavy atom. The van der Waals surface area contributed by atoms with Crippen LogP contribution in [-0.2, 0) is 0 Å². The van der Waals surface area contributed by atoms with Crippen molar-refractivity contribution in [3.63, 3.8) is 0 Å². The average Bonchev–Trinajstić information content (AvgIpc) is 0. The number of hydrogen-bond donors (Lipinski definition) is 0. The van der Waals surface area contributed by atoms with E-state index in [0.717, 1.165) is 0 Å². The van der Waals surface area contributed by atoms with Crippen LogP contribution in [0.5, 0.6) is 0 Å². The maximum absolute atomic E-state index is 0. The van der Waals surface area contributed by atoms with Crippen LogP contribution in [0, 0.1) is 7.43 Å². The van der Waals surface area contributed by atoms with Gasteiger partial charge in [0.2, 0.25) is 0 Å². The zero-order valence-electron chi connectivity index (χ0n) is 4.54. The van der Waals surface area contributed by atoms with Crippen molar-refractivity contribution in [3.05, 3.63) is 7.43 Å². The van der Waals surface area contributed by atoms with Gasteiger partial charge in [0.15, 0.2) is 0 Å². The van der Waals surface area contributed by atoms with Gasteiger partial charge in [0.1, 0.15) is 0 Å². The van der Waals surface area contributed by atoms with E-state index in [0.29, 0.717) is 0 Å². The summed E-state index contributed by atoms with van der Waals surface area (Å²) in [6.07, 6.45) is 0. The molecule has 0 nitrogen and oxygen atoms in total. The molecule has 18 valence electrons. The van der Waals surface area contributed by atoms with Gasteiger partial charge >= 0.3 is 0 Å². The molecule has 0 aromatic carbocycles. The van der Waals surface area contributed by atoms with Crippen LogP contribution in [0.1, 0.15) is 0 Å². The normalized spacial score (nSPS) is 0.